The lowest BCUT2D eigenvalue weighted by Gasteiger charge is -2.40. The van der Waals surface area contributed by atoms with E-state index in [2.05, 4.69) is 16.1 Å². The van der Waals surface area contributed by atoms with Crippen LogP contribution >= 0.6 is 0 Å². The molecule has 4 heteroatoms. The van der Waals surface area contributed by atoms with E-state index in [0.717, 1.165) is 24.2 Å². The maximum Gasteiger partial charge on any atom is 0.220 e. The lowest BCUT2D eigenvalue weighted by molar-refractivity contribution is -0.00995. The minimum atomic E-state index is -0.631. The maximum absolute atomic E-state index is 6.35. The Balaban J connectivity index is 1.93. The van der Waals surface area contributed by atoms with Crippen LogP contribution < -0.4 is 10.5 Å². The molecule has 0 radical (unpaired) electrons. The van der Waals surface area contributed by atoms with Gasteiger partial charge in [0.1, 0.15) is 11.6 Å². The van der Waals surface area contributed by atoms with Gasteiger partial charge in [0, 0.05) is 5.56 Å². The zero-order chi connectivity index (χ0) is 12.9. The molecule has 4 rings (SSSR count). The van der Waals surface area contributed by atoms with Crippen molar-refractivity contribution in [2.24, 2.45) is 15.7 Å². The van der Waals surface area contributed by atoms with Gasteiger partial charge in [-0.15, -0.1) is 0 Å². The summed E-state index contributed by atoms with van der Waals surface area (Å²) in [4.78, 5) is 9.37. The van der Waals surface area contributed by atoms with Crippen LogP contribution in [0.3, 0.4) is 0 Å². The molecule has 1 fully saturated rings. The van der Waals surface area contributed by atoms with Crippen molar-refractivity contribution in [3.05, 3.63) is 29.8 Å². The van der Waals surface area contributed by atoms with Crippen LogP contribution in [0.25, 0.3) is 0 Å². The van der Waals surface area contributed by atoms with E-state index in [1.54, 1.807) is 6.21 Å². The van der Waals surface area contributed by atoms with Crippen LogP contribution in [0, 0.1) is 0 Å². The van der Waals surface area contributed by atoms with Gasteiger partial charge >= 0.3 is 0 Å². The molecule has 3 aliphatic rings. The zero-order valence-corrected chi connectivity index (χ0v) is 10.8. The molecule has 1 aromatic carbocycles. The Bertz CT molecular complexity index is 587. The second kappa shape index (κ2) is 3.59. The molecule has 2 N–H and O–H groups in total. The summed E-state index contributed by atoms with van der Waals surface area (Å²) in [6.45, 7) is 0. The Morgan fingerprint density at radius 3 is 2.63 bits per heavy atom. The second-order valence-corrected chi connectivity index (χ2v) is 5.62. The molecule has 0 saturated heterocycles. The molecular formula is C15H17N3O. The van der Waals surface area contributed by atoms with Gasteiger partial charge in [0.2, 0.25) is 5.66 Å². The lowest BCUT2D eigenvalue weighted by Crippen LogP contribution is -2.50. The molecule has 1 saturated carbocycles. The second-order valence-electron chi connectivity index (χ2n) is 5.62. The van der Waals surface area contributed by atoms with Crippen molar-refractivity contribution in [2.45, 2.75) is 43.4 Å². The highest BCUT2D eigenvalue weighted by molar-refractivity contribution is 6.30. The SMILES string of the molecule is NC1=NC2(N=C1)c1ccccc1OC21CCCCC1. The van der Waals surface area contributed by atoms with E-state index in [4.69, 9.17) is 10.5 Å². The van der Waals surface area contributed by atoms with Crippen molar-refractivity contribution in [1.29, 1.82) is 0 Å². The van der Waals surface area contributed by atoms with Gasteiger partial charge < -0.3 is 10.5 Å². The number of para-hydroxylation sites is 1. The molecule has 0 amide bonds. The number of rotatable bonds is 0. The number of amidine groups is 1. The summed E-state index contributed by atoms with van der Waals surface area (Å²) in [5.74, 6) is 1.42. The molecule has 1 aliphatic carbocycles. The van der Waals surface area contributed by atoms with E-state index >= 15 is 0 Å². The molecule has 0 aromatic heterocycles. The van der Waals surface area contributed by atoms with Gasteiger partial charge in [0.25, 0.3) is 0 Å². The van der Waals surface area contributed by atoms with Crippen molar-refractivity contribution in [3.63, 3.8) is 0 Å². The van der Waals surface area contributed by atoms with E-state index in [9.17, 15) is 0 Å². The molecular weight excluding hydrogens is 238 g/mol. The van der Waals surface area contributed by atoms with Crippen molar-refractivity contribution >= 4 is 12.1 Å². The molecule has 19 heavy (non-hydrogen) atoms. The van der Waals surface area contributed by atoms with Gasteiger partial charge in [0.05, 0.1) is 6.21 Å². The number of nitrogens with two attached hydrogens (primary N) is 1. The monoisotopic (exact) mass is 255 g/mol. The topological polar surface area (TPSA) is 60.0 Å². The fourth-order valence-corrected chi connectivity index (χ4v) is 3.70. The largest absolute Gasteiger partial charge is 0.482 e. The van der Waals surface area contributed by atoms with E-state index in [-0.39, 0.29) is 5.60 Å². The van der Waals surface area contributed by atoms with Crippen molar-refractivity contribution in [1.82, 2.24) is 0 Å². The minimum Gasteiger partial charge on any atom is -0.482 e. The highest BCUT2D eigenvalue weighted by atomic mass is 16.5. The third-order valence-electron chi connectivity index (χ3n) is 4.54. The zero-order valence-electron chi connectivity index (χ0n) is 10.8. The van der Waals surface area contributed by atoms with Crippen molar-refractivity contribution in [2.75, 3.05) is 0 Å². The van der Waals surface area contributed by atoms with Crippen LogP contribution in [0.5, 0.6) is 5.75 Å². The third-order valence-corrected chi connectivity index (χ3v) is 4.54. The molecule has 1 unspecified atom stereocenters. The van der Waals surface area contributed by atoms with Crippen molar-refractivity contribution in [3.8, 4) is 5.75 Å². The molecule has 98 valence electrons. The first-order valence-electron chi connectivity index (χ1n) is 6.95. The fourth-order valence-electron chi connectivity index (χ4n) is 3.70. The summed E-state index contributed by atoms with van der Waals surface area (Å²) >= 11 is 0. The predicted octanol–water partition coefficient (Wildman–Crippen LogP) is 2.38. The van der Waals surface area contributed by atoms with Crippen LogP contribution in [-0.4, -0.2) is 17.7 Å². The molecule has 4 nitrogen and oxygen atoms in total. The van der Waals surface area contributed by atoms with E-state index in [1.807, 2.05) is 18.2 Å². The summed E-state index contributed by atoms with van der Waals surface area (Å²) in [6, 6.07) is 8.10. The Morgan fingerprint density at radius 2 is 1.89 bits per heavy atom. The van der Waals surface area contributed by atoms with Crippen molar-refractivity contribution < 1.29 is 4.74 Å². The Labute approximate surface area is 112 Å². The Hall–Kier alpha value is -1.84. The van der Waals surface area contributed by atoms with Gasteiger partial charge in [-0.25, -0.2) is 4.99 Å². The maximum atomic E-state index is 6.35. The molecule has 1 atom stereocenters. The molecule has 2 heterocycles. The fraction of sp³-hybridized carbons (Fsp3) is 0.467. The van der Waals surface area contributed by atoms with Crippen LogP contribution in [-0.2, 0) is 5.66 Å². The third kappa shape index (κ3) is 1.29. The molecule has 2 aliphatic heterocycles. The first-order valence-corrected chi connectivity index (χ1v) is 6.95. The van der Waals surface area contributed by atoms with Gasteiger partial charge in [-0.2, -0.15) is 0 Å². The van der Waals surface area contributed by atoms with Gasteiger partial charge in [-0.05, 0) is 31.7 Å². The summed E-state index contributed by atoms with van der Waals surface area (Å²) in [7, 11) is 0. The van der Waals surface area contributed by atoms with Crippen LogP contribution in [0.1, 0.15) is 37.7 Å². The molecule has 2 spiro atoms. The number of fused-ring (bicyclic) bond motifs is 3. The summed E-state index contributed by atoms with van der Waals surface area (Å²) in [5.41, 5.74) is 5.99. The first-order chi connectivity index (χ1) is 9.26. The van der Waals surface area contributed by atoms with Crippen LogP contribution in [0.4, 0.5) is 0 Å². The summed E-state index contributed by atoms with van der Waals surface area (Å²) < 4.78 is 6.35. The van der Waals surface area contributed by atoms with Crippen LogP contribution in [0.15, 0.2) is 34.3 Å². The molecule has 0 bridgehead atoms. The highest BCUT2D eigenvalue weighted by Crippen LogP contribution is 2.57. The average Bonchev–Trinajstić information content (AvgIpc) is 2.94. The minimum absolute atomic E-state index is 0.327. The number of benzene rings is 1. The Morgan fingerprint density at radius 1 is 1.11 bits per heavy atom. The number of nitrogens with zero attached hydrogens (tertiary/aromatic N) is 2. The van der Waals surface area contributed by atoms with Crippen LogP contribution in [0.2, 0.25) is 0 Å². The number of hydrogen-bond donors (Lipinski definition) is 1. The highest BCUT2D eigenvalue weighted by Gasteiger charge is 2.61. The summed E-state index contributed by atoms with van der Waals surface area (Å²) in [6.07, 6.45) is 7.27. The number of ether oxygens (including phenoxy) is 1. The predicted molar refractivity (Wildman–Crippen MR) is 74.7 cm³/mol. The smallest absolute Gasteiger partial charge is 0.220 e. The summed E-state index contributed by atoms with van der Waals surface area (Å²) in [5, 5.41) is 0. The normalized spacial score (nSPS) is 30.4. The van der Waals surface area contributed by atoms with E-state index in [1.165, 1.54) is 19.3 Å². The average molecular weight is 255 g/mol. The first kappa shape index (κ1) is 11.0. The lowest BCUT2D eigenvalue weighted by atomic mass is 9.74. The number of hydrogen-bond acceptors (Lipinski definition) is 4. The molecule has 1 aromatic rings. The quantitative estimate of drug-likeness (QED) is 0.773. The number of aliphatic imine (C=N–C) groups is 2. The Kier molecular flexibility index (Phi) is 2.08. The van der Waals surface area contributed by atoms with Gasteiger partial charge in [-0.1, -0.05) is 24.6 Å². The van der Waals surface area contributed by atoms with Gasteiger partial charge in [-0.3, -0.25) is 4.99 Å². The van der Waals surface area contributed by atoms with Gasteiger partial charge in [0.15, 0.2) is 5.60 Å². The standard InChI is InChI=1S/C15H17N3O/c16-13-10-17-15(18-13)11-6-2-3-7-12(11)19-14(15)8-4-1-5-9-14/h2-3,6-7,10H,1,4-5,8-9H2,(H2,16,18). The van der Waals surface area contributed by atoms with E-state index in [0.29, 0.717) is 5.84 Å². The van der Waals surface area contributed by atoms with E-state index < -0.39 is 5.66 Å².